The lowest BCUT2D eigenvalue weighted by Crippen LogP contribution is -2.43. The molecule has 25 heavy (non-hydrogen) atoms. The first-order valence-corrected chi connectivity index (χ1v) is 8.74. The van der Waals surface area contributed by atoms with Crippen LogP contribution in [0.4, 0.5) is 0 Å². The highest BCUT2D eigenvalue weighted by Gasteiger charge is 2.19. The van der Waals surface area contributed by atoms with Crippen LogP contribution >= 0.6 is 0 Å². The minimum atomic E-state index is -0.671. The highest BCUT2D eigenvalue weighted by molar-refractivity contribution is 5.96. The maximum Gasteiger partial charge on any atom is 0.349 e. The van der Waals surface area contributed by atoms with Gasteiger partial charge < -0.3 is 19.7 Å². The smallest absolute Gasteiger partial charge is 0.349 e. The van der Waals surface area contributed by atoms with E-state index in [0.29, 0.717) is 17.5 Å². The van der Waals surface area contributed by atoms with Gasteiger partial charge in [-0.25, -0.2) is 4.79 Å². The first kappa shape index (κ1) is 17.6. The Morgan fingerprint density at radius 1 is 1.36 bits per heavy atom. The van der Waals surface area contributed by atoms with Gasteiger partial charge in [0.15, 0.2) is 0 Å². The van der Waals surface area contributed by atoms with Crippen LogP contribution in [0.3, 0.4) is 0 Å². The number of nitrogens with zero attached hydrogens (tertiary/aromatic N) is 1. The van der Waals surface area contributed by atoms with Crippen LogP contribution in [-0.2, 0) is 0 Å². The molecule has 134 valence electrons. The van der Waals surface area contributed by atoms with Gasteiger partial charge in [0.05, 0.1) is 6.10 Å². The molecule has 0 bridgehead atoms. The van der Waals surface area contributed by atoms with Gasteiger partial charge in [0.1, 0.15) is 11.1 Å². The van der Waals surface area contributed by atoms with Crippen molar-refractivity contribution in [2.45, 2.75) is 25.9 Å². The van der Waals surface area contributed by atoms with Crippen LogP contribution in [0.2, 0.25) is 0 Å². The van der Waals surface area contributed by atoms with Gasteiger partial charge in [0.2, 0.25) is 0 Å². The number of carbonyl (C=O) groups excluding carboxylic acids is 1. The Morgan fingerprint density at radius 3 is 2.84 bits per heavy atom. The summed E-state index contributed by atoms with van der Waals surface area (Å²) in [6.07, 6.45) is 1.61. The molecule has 6 heteroatoms. The Bertz CT molecular complexity index is 793. The maximum absolute atomic E-state index is 12.3. The number of likely N-dealkylation sites (tertiary alicyclic amines) is 1. The molecule has 0 saturated carbocycles. The number of hydrogen-bond donors (Lipinski definition) is 2. The number of aliphatic hydroxyl groups is 1. The molecule has 1 aromatic carbocycles. The van der Waals surface area contributed by atoms with E-state index in [1.54, 1.807) is 18.2 Å². The molecule has 1 saturated heterocycles. The number of carbonyl (C=O) groups is 1. The number of para-hydroxylation sites is 1. The molecule has 3 rings (SSSR count). The monoisotopic (exact) mass is 344 g/mol. The lowest BCUT2D eigenvalue weighted by molar-refractivity contribution is 0.0793. The second-order valence-electron chi connectivity index (χ2n) is 6.83. The van der Waals surface area contributed by atoms with E-state index in [1.807, 2.05) is 6.07 Å². The van der Waals surface area contributed by atoms with E-state index in [1.165, 1.54) is 6.07 Å². The van der Waals surface area contributed by atoms with Gasteiger partial charge in [-0.3, -0.25) is 4.79 Å². The molecule has 2 aromatic rings. The molecule has 0 spiro atoms. The van der Waals surface area contributed by atoms with Crippen molar-refractivity contribution in [1.82, 2.24) is 10.2 Å². The molecule has 1 aliphatic rings. The maximum atomic E-state index is 12.3. The Kier molecular flexibility index (Phi) is 5.50. The lowest BCUT2D eigenvalue weighted by atomic mass is 9.99. The zero-order chi connectivity index (χ0) is 17.8. The molecule has 1 atom stereocenters. The van der Waals surface area contributed by atoms with E-state index >= 15 is 0 Å². The van der Waals surface area contributed by atoms with Crippen LogP contribution in [0, 0.1) is 5.92 Å². The molecule has 1 fully saturated rings. The number of hydrogen-bond acceptors (Lipinski definition) is 5. The number of rotatable bonds is 5. The molecule has 1 aliphatic heterocycles. The van der Waals surface area contributed by atoms with Crippen LogP contribution in [0.25, 0.3) is 11.0 Å². The minimum Gasteiger partial charge on any atom is -0.422 e. The van der Waals surface area contributed by atoms with Crippen molar-refractivity contribution < 1.29 is 14.3 Å². The third-order valence-corrected chi connectivity index (χ3v) is 4.73. The molecule has 1 unspecified atom stereocenters. The van der Waals surface area contributed by atoms with Gasteiger partial charge in [0.25, 0.3) is 5.91 Å². The fourth-order valence-electron chi connectivity index (χ4n) is 3.13. The number of fused-ring (bicyclic) bond motifs is 1. The van der Waals surface area contributed by atoms with Gasteiger partial charge in [-0.1, -0.05) is 25.1 Å². The predicted octanol–water partition coefficient (Wildman–Crippen LogP) is 1.62. The zero-order valence-corrected chi connectivity index (χ0v) is 14.4. The molecule has 0 aliphatic carbocycles. The molecule has 6 nitrogen and oxygen atoms in total. The van der Waals surface area contributed by atoms with E-state index in [0.717, 1.165) is 31.8 Å². The van der Waals surface area contributed by atoms with Crippen LogP contribution in [0.5, 0.6) is 0 Å². The third kappa shape index (κ3) is 4.46. The van der Waals surface area contributed by atoms with Gasteiger partial charge in [0, 0.05) is 18.5 Å². The Labute approximate surface area is 146 Å². The minimum absolute atomic E-state index is 0.0438. The number of aliphatic hydroxyl groups excluding tert-OH is 1. The third-order valence-electron chi connectivity index (χ3n) is 4.73. The van der Waals surface area contributed by atoms with Crippen LogP contribution in [-0.4, -0.2) is 48.2 Å². The number of amides is 1. The number of benzene rings is 1. The molecule has 0 radical (unpaired) electrons. The van der Waals surface area contributed by atoms with Crippen LogP contribution in [0.1, 0.15) is 30.1 Å². The fraction of sp³-hybridized carbons (Fsp3) is 0.474. The summed E-state index contributed by atoms with van der Waals surface area (Å²) >= 11 is 0. The normalized spacial score (nSPS) is 17.5. The number of β-amino-alcohol motifs (C(OH)–C–C–N with tert-alkyl or cyclic N) is 1. The quantitative estimate of drug-likeness (QED) is 0.806. The molecule has 2 heterocycles. The highest BCUT2D eigenvalue weighted by Crippen LogP contribution is 2.16. The summed E-state index contributed by atoms with van der Waals surface area (Å²) in [7, 11) is 0. The summed E-state index contributed by atoms with van der Waals surface area (Å²) in [6, 6.07) is 8.56. The summed E-state index contributed by atoms with van der Waals surface area (Å²) in [4.78, 5) is 26.4. The predicted molar refractivity (Wildman–Crippen MR) is 95.7 cm³/mol. The van der Waals surface area contributed by atoms with Crippen molar-refractivity contribution in [3.05, 3.63) is 46.3 Å². The Morgan fingerprint density at radius 2 is 2.08 bits per heavy atom. The highest BCUT2D eigenvalue weighted by atomic mass is 16.4. The first-order chi connectivity index (χ1) is 12.0. The summed E-state index contributed by atoms with van der Waals surface area (Å²) in [5, 5.41) is 13.5. The standard InChI is InChI=1S/C19H24N2O4/c1-13-6-8-21(9-7-13)12-15(22)11-20-18(23)16-10-14-4-2-3-5-17(14)25-19(16)24/h2-5,10,13,15,22H,6-9,11-12H2,1H3,(H,20,23). The number of piperidine rings is 1. The van der Waals surface area contributed by atoms with Gasteiger partial charge in [-0.05, 0) is 44.0 Å². The summed E-state index contributed by atoms with van der Waals surface area (Å²) in [5.74, 6) is 0.214. The van der Waals surface area contributed by atoms with Crippen LogP contribution in [0.15, 0.2) is 39.5 Å². The Hall–Kier alpha value is -2.18. The second-order valence-corrected chi connectivity index (χ2v) is 6.83. The average Bonchev–Trinajstić information content (AvgIpc) is 2.61. The van der Waals surface area contributed by atoms with Crippen molar-refractivity contribution in [2.24, 2.45) is 5.92 Å². The first-order valence-electron chi connectivity index (χ1n) is 8.74. The van der Waals surface area contributed by atoms with E-state index in [9.17, 15) is 14.7 Å². The van der Waals surface area contributed by atoms with Gasteiger partial charge >= 0.3 is 5.63 Å². The number of nitrogens with one attached hydrogen (secondary N) is 1. The fourth-order valence-corrected chi connectivity index (χ4v) is 3.13. The van der Waals surface area contributed by atoms with E-state index in [2.05, 4.69) is 17.1 Å². The van der Waals surface area contributed by atoms with E-state index < -0.39 is 17.6 Å². The van der Waals surface area contributed by atoms with Crippen molar-refractivity contribution in [2.75, 3.05) is 26.2 Å². The van der Waals surface area contributed by atoms with Gasteiger partial charge in [-0.2, -0.15) is 0 Å². The summed E-state index contributed by atoms with van der Waals surface area (Å²) < 4.78 is 5.17. The van der Waals surface area contributed by atoms with Gasteiger partial charge in [-0.15, -0.1) is 0 Å². The largest absolute Gasteiger partial charge is 0.422 e. The van der Waals surface area contributed by atoms with Crippen molar-refractivity contribution in [3.8, 4) is 0 Å². The summed E-state index contributed by atoms with van der Waals surface area (Å²) in [5.41, 5.74) is -0.267. The molecule has 1 aromatic heterocycles. The molecule has 2 N–H and O–H groups in total. The van der Waals surface area contributed by atoms with E-state index in [-0.39, 0.29) is 12.1 Å². The molecular formula is C19H24N2O4. The average molecular weight is 344 g/mol. The SMILES string of the molecule is CC1CCN(CC(O)CNC(=O)c2cc3ccccc3oc2=O)CC1. The van der Waals surface area contributed by atoms with E-state index in [4.69, 9.17) is 4.42 Å². The van der Waals surface area contributed by atoms with Crippen molar-refractivity contribution in [3.63, 3.8) is 0 Å². The summed E-state index contributed by atoms with van der Waals surface area (Å²) in [6.45, 7) is 4.82. The topological polar surface area (TPSA) is 82.8 Å². The second kappa shape index (κ2) is 7.80. The van der Waals surface area contributed by atoms with Crippen molar-refractivity contribution >= 4 is 16.9 Å². The molecular weight excluding hydrogens is 320 g/mol. The molecule has 1 amide bonds. The van der Waals surface area contributed by atoms with Crippen molar-refractivity contribution in [1.29, 1.82) is 0 Å². The Balaban J connectivity index is 1.57. The van der Waals surface area contributed by atoms with Crippen LogP contribution < -0.4 is 10.9 Å². The lowest BCUT2D eigenvalue weighted by Gasteiger charge is -2.31. The zero-order valence-electron chi connectivity index (χ0n) is 14.4.